The van der Waals surface area contributed by atoms with Crippen molar-refractivity contribution in [1.82, 2.24) is 9.55 Å². The maximum atomic E-state index is 13.5. The van der Waals surface area contributed by atoms with Crippen LogP contribution >= 0.6 is 11.8 Å². The van der Waals surface area contributed by atoms with Gasteiger partial charge in [0.2, 0.25) is 5.91 Å². The maximum absolute atomic E-state index is 13.5. The van der Waals surface area contributed by atoms with Crippen LogP contribution in [0.2, 0.25) is 0 Å². The quantitative estimate of drug-likeness (QED) is 0.294. The van der Waals surface area contributed by atoms with Gasteiger partial charge in [0.15, 0.2) is 5.16 Å². The third-order valence-corrected chi connectivity index (χ3v) is 7.31. The fraction of sp³-hybridized carbons (Fsp3) is 0.259. The Balaban J connectivity index is 1.49. The normalized spacial score (nSPS) is 14.7. The number of carbonyl (C=O) groups is 1. The predicted molar refractivity (Wildman–Crippen MR) is 133 cm³/mol. The molecule has 1 amide bonds. The SMILES string of the molecule is C[C@@H](Sc1nc2cc(C(F)(F)F)ccc2n1Cc1ccccc1)C(=O)N1CCCc2ccccc21. The van der Waals surface area contributed by atoms with E-state index in [9.17, 15) is 18.0 Å². The van der Waals surface area contributed by atoms with Crippen molar-refractivity contribution >= 4 is 34.4 Å². The molecule has 1 aliphatic rings. The zero-order chi connectivity index (χ0) is 24.6. The van der Waals surface area contributed by atoms with Crippen molar-refractivity contribution in [3.8, 4) is 0 Å². The second-order valence-electron chi connectivity index (χ2n) is 8.65. The van der Waals surface area contributed by atoms with Crippen LogP contribution in [0.1, 0.15) is 30.0 Å². The van der Waals surface area contributed by atoms with Gasteiger partial charge in [-0.15, -0.1) is 0 Å². The first-order valence-electron chi connectivity index (χ1n) is 11.5. The van der Waals surface area contributed by atoms with Gasteiger partial charge in [-0.05, 0) is 55.2 Å². The average Bonchev–Trinajstić information content (AvgIpc) is 3.19. The number of halogens is 3. The van der Waals surface area contributed by atoms with E-state index >= 15 is 0 Å². The van der Waals surface area contributed by atoms with Crippen LogP contribution in [-0.4, -0.2) is 27.3 Å². The number of para-hydroxylation sites is 1. The van der Waals surface area contributed by atoms with Crippen molar-refractivity contribution in [1.29, 1.82) is 0 Å². The summed E-state index contributed by atoms with van der Waals surface area (Å²) in [5.41, 5.74) is 3.22. The molecular weight excluding hydrogens is 471 g/mol. The summed E-state index contributed by atoms with van der Waals surface area (Å²) in [6, 6.07) is 21.2. The van der Waals surface area contributed by atoms with Crippen LogP contribution in [0.25, 0.3) is 11.0 Å². The van der Waals surface area contributed by atoms with Crippen molar-refractivity contribution < 1.29 is 18.0 Å². The minimum atomic E-state index is -4.45. The summed E-state index contributed by atoms with van der Waals surface area (Å²) in [6.07, 6.45) is -2.61. The molecule has 0 saturated carbocycles. The Labute approximate surface area is 205 Å². The Morgan fingerprint density at radius 2 is 1.80 bits per heavy atom. The van der Waals surface area contributed by atoms with Gasteiger partial charge in [0.25, 0.3) is 0 Å². The van der Waals surface area contributed by atoms with Gasteiger partial charge < -0.3 is 9.47 Å². The van der Waals surface area contributed by atoms with E-state index in [4.69, 9.17) is 0 Å². The predicted octanol–water partition coefficient (Wildman–Crippen LogP) is 6.56. The molecule has 0 aliphatic carbocycles. The highest BCUT2D eigenvalue weighted by molar-refractivity contribution is 8.00. The number of rotatable bonds is 5. The zero-order valence-corrected chi connectivity index (χ0v) is 19.9. The van der Waals surface area contributed by atoms with E-state index in [-0.39, 0.29) is 11.4 Å². The van der Waals surface area contributed by atoms with Gasteiger partial charge in [0, 0.05) is 12.2 Å². The van der Waals surface area contributed by atoms with Crippen molar-refractivity contribution in [3.05, 3.63) is 89.5 Å². The molecule has 0 spiro atoms. The molecule has 0 unspecified atom stereocenters. The van der Waals surface area contributed by atoms with Crippen molar-refractivity contribution in [2.75, 3.05) is 11.4 Å². The number of anilines is 1. The van der Waals surface area contributed by atoms with Gasteiger partial charge >= 0.3 is 6.18 Å². The Hall–Kier alpha value is -3.26. The molecule has 1 aliphatic heterocycles. The number of amides is 1. The fourth-order valence-corrected chi connectivity index (χ4v) is 5.47. The lowest BCUT2D eigenvalue weighted by molar-refractivity contribution is -0.137. The Bertz CT molecular complexity index is 1370. The number of imidazole rings is 1. The highest BCUT2D eigenvalue weighted by atomic mass is 32.2. The molecule has 0 bridgehead atoms. The third-order valence-electron chi connectivity index (χ3n) is 6.23. The van der Waals surface area contributed by atoms with Gasteiger partial charge in [0.05, 0.1) is 28.4 Å². The third kappa shape index (κ3) is 4.80. The number of benzene rings is 3. The zero-order valence-electron chi connectivity index (χ0n) is 19.1. The number of nitrogens with zero attached hydrogens (tertiary/aromatic N) is 3. The van der Waals surface area contributed by atoms with Gasteiger partial charge in [-0.3, -0.25) is 4.79 Å². The van der Waals surface area contributed by atoms with Crippen LogP contribution in [0, 0.1) is 0 Å². The van der Waals surface area contributed by atoms with Crippen LogP contribution in [0.3, 0.4) is 0 Å². The highest BCUT2D eigenvalue weighted by Crippen LogP contribution is 2.35. The number of carbonyl (C=O) groups excluding carboxylic acids is 1. The fourth-order valence-electron chi connectivity index (χ4n) is 4.48. The molecule has 5 rings (SSSR count). The smallest absolute Gasteiger partial charge is 0.314 e. The molecular formula is C27H24F3N3OS. The molecule has 1 aromatic heterocycles. The van der Waals surface area contributed by atoms with Crippen molar-refractivity contribution in [2.45, 2.75) is 42.9 Å². The van der Waals surface area contributed by atoms with E-state index in [1.54, 1.807) is 0 Å². The van der Waals surface area contributed by atoms with E-state index in [0.717, 1.165) is 41.8 Å². The van der Waals surface area contributed by atoms with Crippen LogP contribution in [0.5, 0.6) is 0 Å². The standard InChI is InChI=1S/C27H24F3N3OS/c1-18(25(34)32-15-7-11-20-10-5-6-12-23(20)32)35-26-31-22-16-21(27(28,29)30)13-14-24(22)33(26)17-19-8-3-2-4-9-19/h2-6,8-10,12-14,16,18H,7,11,15,17H2,1H3/t18-/m1/s1. The topological polar surface area (TPSA) is 38.1 Å². The summed E-state index contributed by atoms with van der Waals surface area (Å²) >= 11 is 1.28. The first-order chi connectivity index (χ1) is 16.8. The first kappa shape index (κ1) is 23.5. The van der Waals surface area contributed by atoms with Gasteiger partial charge in [-0.2, -0.15) is 13.2 Å². The van der Waals surface area contributed by atoms with Crippen LogP contribution in [0.4, 0.5) is 18.9 Å². The summed E-state index contributed by atoms with van der Waals surface area (Å²) in [5, 5.41) is 0.0592. The number of aryl methyl sites for hydroxylation is 1. The van der Waals surface area contributed by atoms with E-state index in [1.165, 1.54) is 17.8 Å². The lowest BCUT2D eigenvalue weighted by Gasteiger charge is -2.31. The minimum absolute atomic E-state index is 0.0311. The number of hydrogen-bond acceptors (Lipinski definition) is 3. The van der Waals surface area contributed by atoms with Crippen LogP contribution < -0.4 is 4.90 Å². The summed E-state index contributed by atoms with van der Waals surface area (Å²) in [6.45, 7) is 2.92. The number of aromatic nitrogens is 2. The Morgan fingerprint density at radius 3 is 2.57 bits per heavy atom. The van der Waals surface area contributed by atoms with Gasteiger partial charge in [-0.1, -0.05) is 60.3 Å². The second-order valence-corrected chi connectivity index (χ2v) is 9.96. The lowest BCUT2D eigenvalue weighted by Crippen LogP contribution is -2.40. The Kier molecular flexibility index (Phi) is 6.32. The molecule has 8 heteroatoms. The number of hydrogen-bond donors (Lipinski definition) is 0. The molecule has 0 radical (unpaired) electrons. The summed E-state index contributed by atoms with van der Waals surface area (Å²) in [5.74, 6) is -0.0311. The molecule has 3 aromatic carbocycles. The molecule has 0 saturated heterocycles. The summed E-state index contributed by atoms with van der Waals surface area (Å²) in [7, 11) is 0. The highest BCUT2D eigenvalue weighted by Gasteiger charge is 2.32. The van der Waals surface area contributed by atoms with Crippen LogP contribution in [0.15, 0.2) is 78.0 Å². The molecule has 4 aromatic rings. The Morgan fingerprint density at radius 1 is 1.06 bits per heavy atom. The molecule has 0 N–H and O–H groups in total. The average molecular weight is 496 g/mol. The van der Waals surface area contributed by atoms with E-state index < -0.39 is 17.0 Å². The molecule has 1 atom stereocenters. The molecule has 0 fully saturated rings. The molecule has 35 heavy (non-hydrogen) atoms. The van der Waals surface area contributed by atoms with Crippen molar-refractivity contribution in [3.63, 3.8) is 0 Å². The molecule has 4 nitrogen and oxygen atoms in total. The van der Waals surface area contributed by atoms with Crippen LogP contribution in [-0.2, 0) is 23.9 Å². The van der Waals surface area contributed by atoms with Gasteiger partial charge in [-0.25, -0.2) is 4.98 Å². The van der Waals surface area contributed by atoms with Gasteiger partial charge in [0.1, 0.15) is 0 Å². The second kappa shape index (κ2) is 9.41. The van der Waals surface area contributed by atoms with E-state index in [2.05, 4.69) is 4.98 Å². The summed E-state index contributed by atoms with van der Waals surface area (Å²) < 4.78 is 41.9. The minimum Gasteiger partial charge on any atom is -0.314 e. The summed E-state index contributed by atoms with van der Waals surface area (Å²) in [4.78, 5) is 19.8. The largest absolute Gasteiger partial charge is 0.416 e. The maximum Gasteiger partial charge on any atom is 0.416 e. The van der Waals surface area contributed by atoms with E-state index in [0.29, 0.717) is 23.8 Å². The molecule has 180 valence electrons. The number of fused-ring (bicyclic) bond motifs is 2. The first-order valence-corrected chi connectivity index (χ1v) is 12.4. The number of thioether (sulfide) groups is 1. The molecule has 2 heterocycles. The van der Waals surface area contributed by atoms with Crippen molar-refractivity contribution in [2.24, 2.45) is 0 Å². The van der Waals surface area contributed by atoms with E-state index in [1.807, 2.05) is 71.0 Å². The number of alkyl halides is 3. The monoisotopic (exact) mass is 495 g/mol. The lowest BCUT2D eigenvalue weighted by atomic mass is 10.0.